The summed E-state index contributed by atoms with van der Waals surface area (Å²) in [6, 6.07) is 1.65. The fourth-order valence-electron chi connectivity index (χ4n) is 4.21. The standard InChI is InChI=1S/C17H23NO3/c1-16(2)11-5-7-17(16,3)14(9-11)21-15(19)12-6-8-18-10-13(12)20-4/h6,8,10-11,14H,5,7,9H2,1-4H3. The Morgan fingerprint density at radius 3 is 2.71 bits per heavy atom. The monoisotopic (exact) mass is 289 g/mol. The van der Waals surface area contributed by atoms with E-state index in [0.717, 1.165) is 12.8 Å². The zero-order valence-electron chi connectivity index (χ0n) is 13.2. The van der Waals surface area contributed by atoms with Crippen LogP contribution in [-0.4, -0.2) is 24.2 Å². The lowest BCUT2D eigenvalue weighted by molar-refractivity contribution is -0.0244. The van der Waals surface area contributed by atoms with Crippen molar-refractivity contribution < 1.29 is 14.3 Å². The van der Waals surface area contributed by atoms with E-state index in [1.54, 1.807) is 18.5 Å². The summed E-state index contributed by atoms with van der Waals surface area (Å²) in [5.74, 6) is 0.818. The van der Waals surface area contributed by atoms with Crippen molar-refractivity contribution in [2.45, 2.75) is 46.1 Å². The molecule has 0 spiro atoms. The van der Waals surface area contributed by atoms with Gasteiger partial charge in [-0.3, -0.25) is 4.98 Å². The van der Waals surface area contributed by atoms with Crippen molar-refractivity contribution in [2.24, 2.45) is 16.7 Å². The highest BCUT2D eigenvalue weighted by atomic mass is 16.5. The molecule has 2 aliphatic carbocycles. The molecule has 4 heteroatoms. The molecule has 21 heavy (non-hydrogen) atoms. The smallest absolute Gasteiger partial charge is 0.342 e. The normalized spacial score (nSPS) is 33.0. The molecule has 1 aromatic rings. The first-order valence-electron chi connectivity index (χ1n) is 7.59. The molecule has 4 nitrogen and oxygen atoms in total. The predicted molar refractivity (Wildman–Crippen MR) is 79.2 cm³/mol. The van der Waals surface area contributed by atoms with Gasteiger partial charge in [0.15, 0.2) is 5.75 Å². The third-order valence-corrected chi connectivity index (χ3v) is 6.19. The lowest BCUT2D eigenvalue weighted by atomic mass is 9.70. The van der Waals surface area contributed by atoms with Gasteiger partial charge in [-0.15, -0.1) is 0 Å². The molecule has 1 heterocycles. The van der Waals surface area contributed by atoms with Crippen molar-refractivity contribution in [1.82, 2.24) is 4.98 Å². The Labute approximate surface area is 125 Å². The molecule has 3 atom stereocenters. The van der Waals surface area contributed by atoms with E-state index in [1.807, 2.05) is 0 Å². The molecule has 1 aromatic heterocycles. The predicted octanol–water partition coefficient (Wildman–Crippen LogP) is 3.46. The second-order valence-corrected chi connectivity index (χ2v) is 7.08. The van der Waals surface area contributed by atoms with E-state index < -0.39 is 0 Å². The number of carbonyl (C=O) groups excluding carboxylic acids is 1. The molecular formula is C17H23NO3. The van der Waals surface area contributed by atoms with Crippen molar-refractivity contribution in [3.63, 3.8) is 0 Å². The van der Waals surface area contributed by atoms with Crippen LogP contribution in [-0.2, 0) is 4.74 Å². The van der Waals surface area contributed by atoms with Gasteiger partial charge in [0.05, 0.1) is 13.3 Å². The quantitative estimate of drug-likeness (QED) is 0.800. The highest BCUT2D eigenvalue weighted by Crippen LogP contribution is 2.66. The fraction of sp³-hybridized carbons (Fsp3) is 0.647. The van der Waals surface area contributed by atoms with Crippen molar-refractivity contribution >= 4 is 5.97 Å². The first-order chi connectivity index (χ1) is 9.90. The van der Waals surface area contributed by atoms with Crippen LogP contribution >= 0.6 is 0 Å². The molecule has 3 rings (SSSR count). The molecule has 0 radical (unpaired) electrons. The Morgan fingerprint density at radius 1 is 1.38 bits per heavy atom. The van der Waals surface area contributed by atoms with E-state index in [2.05, 4.69) is 25.8 Å². The Balaban J connectivity index is 1.81. The minimum absolute atomic E-state index is 0.00313. The molecule has 3 unspecified atom stereocenters. The van der Waals surface area contributed by atoms with Crippen LogP contribution in [0, 0.1) is 16.7 Å². The first kappa shape index (κ1) is 14.4. The maximum atomic E-state index is 12.5. The van der Waals surface area contributed by atoms with Crippen molar-refractivity contribution in [3.8, 4) is 5.75 Å². The Hall–Kier alpha value is -1.58. The summed E-state index contributed by atoms with van der Waals surface area (Å²) in [6.45, 7) is 6.89. The summed E-state index contributed by atoms with van der Waals surface area (Å²) in [4.78, 5) is 16.5. The minimum Gasteiger partial charge on any atom is -0.494 e. The topological polar surface area (TPSA) is 48.4 Å². The Morgan fingerprint density at radius 2 is 2.14 bits per heavy atom. The van der Waals surface area contributed by atoms with Gasteiger partial charge < -0.3 is 9.47 Å². The van der Waals surface area contributed by atoms with Crippen LogP contribution in [0.2, 0.25) is 0 Å². The van der Waals surface area contributed by atoms with Gasteiger partial charge in [-0.2, -0.15) is 0 Å². The maximum absolute atomic E-state index is 12.5. The molecule has 0 saturated heterocycles. The number of ether oxygens (including phenoxy) is 2. The molecule has 0 aliphatic heterocycles. The van der Waals surface area contributed by atoms with Crippen LogP contribution in [0.4, 0.5) is 0 Å². The number of rotatable bonds is 3. The average molecular weight is 289 g/mol. The van der Waals surface area contributed by atoms with E-state index in [1.165, 1.54) is 13.5 Å². The first-order valence-corrected chi connectivity index (χ1v) is 7.59. The molecule has 114 valence electrons. The lowest BCUT2D eigenvalue weighted by Gasteiger charge is -2.38. The molecule has 2 aliphatic rings. The summed E-state index contributed by atoms with van der Waals surface area (Å²) in [5, 5.41) is 0. The average Bonchev–Trinajstić information content (AvgIpc) is 2.80. The van der Waals surface area contributed by atoms with Crippen LogP contribution < -0.4 is 4.74 Å². The number of hydrogen-bond donors (Lipinski definition) is 0. The number of carbonyl (C=O) groups is 1. The minimum atomic E-state index is -0.302. The number of methoxy groups -OCH3 is 1. The van der Waals surface area contributed by atoms with E-state index in [9.17, 15) is 4.79 Å². The number of nitrogens with zero attached hydrogens (tertiary/aromatic N) is 1. The van der Waals surface area contributed by atoms with E-state index in [-0.39, 0.29) is 22.9 Å². The third kappa shape index (κ3) is 1.95. The van der Waals surface area contributed by atoms with Crippen molar-refractivity contribution in [2.75, 3.05) is 7.11 Å². The summed E-state index contributed by atoms with van der Waals surface area (Å²) in [5.41, 5.74) is 0.769. The van der Waals surface area contributed by atoms with Crippen LogP contribution in [0.15, 0.2) is 18.5 Å². The second-order valence-electron chi connectivity index (χ2n) is 7.08. The largest absolute Gasteiger partial charge is 0.494 e. The van der Waals surface area contributed by atoms with Gasteiger partial charge in [-0.1, -0.05) is 20.8 Å². The molecular weight excluding hydrogens is 266 g/mol. The van der Waals surface area contributed by atoms with Gasteiger partial charge in [0.2, 0.25) is 0 Å². The highest BCUT2D eigenvalue weighted by molar-refractivity contribution is 5.92. The maximum Gasteiger partial charge on any atom is 0.342 e. The van der Waals surface area contributed by atoms with Gasteiger partial charge >= 0.3 is 5.97 Å². The van der Waals surface area contributed by atoms with Gasteiger partial charge in [0, 0.05) is 11.6 Å². The van der Waals surface area contributed by atoms with Gasteiger partial charge in [0.25, 0.3) is 0 Å². The zero-order chi connectivity index (χ0) is 15.3. The van der Waals surface area contributed by atoms with Crippen LogP contribution in [0.3, 0.4) is 0 Å². The number of fused-ring (bicyclic) bond motifs is 2. The lowest BCUT2D eigenvalue weighted by Crippen LogP contribution is -2.38. The Bertz CT molecular complexity index is 569. The summed E-state index contributed by atoms with van der Waals surface area (Å²) in [7, 11) is 1.54. The number of esters is 1. The van der Waals surface area contributed by atoms with E-state index in [4.69, 9.17) is 9.47 Å². The third-order valence-electron chi connectivity index (χ3n) is 6.19. The number of hydrogen-bond acceptors (Lipinski definition) is 4. The summed E-state index contributed by atoms with van der Waals surface area (Å²) < 4.78 is 11.1. The van der Waals surface area contributed by atoms with E-state index >= 15 is 0 Å². The van der Waals surface area contributed by atoms with Gasteiger partial charge in [-0.05, 0) is 36.7 Å². The summed E-state index contributed by atoms with van der Waals surface area (Å²) in [6.07, 6.45) is 6.49. The Kier molecular flexibility index (Phi) is 3.23. The van der Waals surface area contributed by atoms with Crippen LogP contribution in [0.25, 0.3) is 0 Å². The summed E-state index contributed by atoms with van der Waals surface area (Å²) >= 11 is 0. The van der Waals surface area contributed by atoms with Gasteiger partial charge in [-0.25, -0.2) is 4.79 Å². The number of pyridine rings is 1. The molecule has 2 fully saturated rings. The van der Waals surface area contributed by atoms with Crippen LogP contribution in [0.1, 0.15) is 50.4 Å². The van der Waals surface area contributed by atoms with Gasteiger partial charge in [0.1, 0.15) is 11.7 Å². The van der Waals surface area contributed by atoms with Crippen LogP contribution in [0.5, 0.6) is 5.75 Å². The number of aromatic nitrogens is 1. The molecule has 2 bridgehead atoms. The molecule has 0 amide bonds. The molecule has 0 N–H and O–H groups in total. The second kappa shape index (κ2) is 4.72. The SMILES string of the molecule is COc1cnccc1C(=O)OC1CC2CCC1(C)C2(C)C. The molecule has 0 aromatic carbocycles. The van der Waals surface area contributed by atoms with Crippen molar-refractivity contribution in [1.29, 1.82) is 0 Å². The van der Waals surface area contributed by atoms with Crippen molar-refractivity contribution in [3.05, 3.63) is 24.0 Å². The highest BCUT2D eigenvalue weighted by Gasteiger charge is 2.62. The molecule has 2 saturated carbocycles. The fourth-order valence-corrected chi connectivity index (χ4v) is 4.21. The zero-order valence-corrected chi connectivity index (χ0v) is 13.2. The van der Waals surface area contributed by atoms with E-state index in [0.29, 0.717) is 17.2 Å².